The number of benzene rings is 1. The molecule has 2 heteroatoms. The van der Waals surface area contributed by atoms with Gasteiger partial charge in [0.2, 0.25) is 0 Å². The van der Waals surface area contributed by atoms with Crippen molar-refractivity contribution in [1.82, 2.24) is 0 Å². The molecule has 1 aliphatic heterocycles. The van der Waals surface area contributed by atoms with Gasteiger partial charge in [0.1, 0.15) is 11.5 Å². The fraction of sp³-hybridized carbons (Fsp3) is 0.600. The van der Waals surface area contributed by atoms with E-state index in [0.29, 0.717) is 0 Å². The predicted molar refractivity (Wildman–Crippen MR) is 73.9 cm³/mol. The second-order valence-corrected chi connectivity index (χ2v) is 3.80. The highest BCUT2D eigenvalue weighted by atomic mass is 16.5. The van der Waals surface area contributed by atoms with Gasteiger partial charge >= 0.3 is 0 Å². The summed E-state index contributed by atoms with van der Waals surface area (Å²) >= 11 is 0. The van der Waals surface area contributed by atoms with Gasteiger partial charge in [-0.1, -0.05) is 40.2 Å². The van der Waals surface area contributed by atoms with Gasteiger partial charge in [0.25, 0.3) is 0 Å². The van der Waals surface area contributed by atoms with Crippen LogP contribution in [0, 0.1) is 0 Å². The maximum absolute atomic E-state index is 9.20. The third kappa shape index (κ3) is 6.20. The highest BCUT2D eigenvalue weighted by Crippen LogP contribution is 2.27. The van der Waals surface area contributed by atoms with Crippen molar-refractivity contribution >= 4 is 0 Å². The van der Waals surface area contributed by atoms with Gasteiger partial charge in [-0.15, -0.1) is 0 Å². The Morgan fingerprint density at radius 3 is 2.47 bits per heavy atom. The quantitative estimate of drug-likeness (QED) is 0.718. The fourth-order valence-corrected chi connectivity index (χ4v) is 1.48. The Morgan fingerprint density at radius 2 is 1.82 bits per heavy atom. The lowest BCUT2D eigenvalue weighted by Crippen LogP contribution is -1.94. The van der Waals surface area contributed by atoms with Crippen LogP contribution in [0.3, 0.4) is 0 Å². The molecule has 0 unspecified atom stereocenters. The van der Waals surface area contributed by atoms with Crippen LogP contribution < -0.4 is 4.74 Å². The van der Waals surface area contributed by atoms with Crippen LogP contribution in [-0.2, 0) is 6.42 Å². The van der Waals surface area contributed by atoms with Gasteiger partial charge in [-0.3, -0.25) is 0 Å². The number of ether oxygens (including phenoxy) is 1. The van der Waals surface area contributed by atoms with Crippen LogP contribution in [0.4, 0.5) is 0 Å². The number of rotatable bonds is 0. The third-order valence-corrected chi connectivity index (χ3v) is 2.15. The van der Waals surface area contributed by atoms with Crippen molar-refractivity contribution in [3.05, 3.63) is 23.8 Å². The van der Waals surface area contributed by atoms with E-state index < -0.39 is 0 Å². The van der Waals surface area contributed by atoms with Crippen molar-refractivity contribution in [3.8, 4) is 11.5 Å². The molecule has 0 radical (unpaired) electrons. The number of aryl methyl sites for hydroxylation is 1. The molecule has 2 nitrogen and oxygen atoms in total. The monoisotopic (exact) mass is 238 g/mol. The van der Waals surface area contributed by atoms with Crippen molar-refractivity contribution in [1.29, 1.82) is 0 Å². The summed E-state index contributed by atoms with van der Waals surface area (Å²) in [5, 5.41) is 9.20. The molecule has 0 amide bonds. The predicted octanol–water partition coefficient (Wildman–Crippen LogP) is 4.55. The van der Waals surface area contributed by atoms with Crippen LogP contribution in [0.2, 0.25) is 0 Å². The van der Waals surface area contributed by atoms with Crippen LogP contribution in [0.25, 0.3) is 0 Å². The Labute approximate surface area is 106 Å². The summed E-state index contributed by atoms with van der Waals surface area (Å²) in [7, 11) is 0. The largest absolute Gasteiger partial charge is 0.508 e. The number of phenolic OH excluding ortho intramolecular Hbond substituents is 1. The number of hydrogen-bond acceptors (Lipinski definition) is 2. The van der Waals surface area contributed by atoms with Crippen LogP contribution in [0.1, 0.15) is 52.5 Å². The Hall–Kier alpha value is -1.18. The van der Waals surface area contributed by atoms with Gasteiger partial charge < -0.3 is 9.84 Å². The zero-order valence-electron chi connectivity index (χ0n) is 11.6. The molecule has 0 spiro atoms. The zero-order chi connectivity index (χ0) is 13.1. The first kappa shape index (κ1) is 15.8. The molecule has 0 saturated heterocycles. The van der Waals surface area contributed by atoms with Crippen molar-refractivity contribution in [3.63, 3.8) is 0 Å². The lowest BCUT2D eigenvalue weighted by atomic mass is 10.1. The average molecular weight is 238 g/mol. The van der Waals surface area contributed by atoms with Gasteiger partial charge in [0.05, 0.1) is 6.61 Å². The number of phenols is 1. The molecule has 0 aliphatic carbocycles. The topological polar surface area (TPSA) is 29.5 Å². The van der Waals surface area contributed by atoms with E-state index in [1.165, 1.54) is 18.4 Å². The minimum atomic E-state index is 0.288. The highest BCUT2D eigenvalue weighted by molar-refractivity contribution is 5.40. The van der Waals surface area contributed by atoms with E-state index in [0.717, 1.165) is 25.2 Å². The number of hydrogen-bond donors (Lipinski definition) is 1. The average Bonchev–Trinajstić information content (AvgIpc) is 2.57. The molecule has 1 aliphatic rings. The molecule has 0 atom stereocenters. The van der Waals surface area contributed by atoms with E-state index in [1.54, 1.807) is 12.1 Å². The second-order valence-electron chi connectivity index (χ2n) is 3.80. The van der Waals surface area contributed by atoms with E-state index >= 15 is 0 Å². The van der Waals surface area contributed by atoms with Crippen molar-refractivity contribution < 1.29 is 9.84 Å². The van der Waals surface area contributed by atoms with E-state index in [-0.39, 0.29) is 5.75 Å². The lowest BCUT2D eigenvalue weighted by Gasteiger charge is -2.06. The Kier molecular flexibility index (Phi) is 9.31. The standard InChI is InChI=1S/C10H12O2.C3H8.C2H6/c11-9-5-4-8-3-1-2-6-12-10(8)7-9;1-3-2;1-2/h4-5,7,11H,1-3,6H2;3H2,1-2H3;1-2H3. The molecular formula is C15H26O2. The molecule has 1 aromatic carbocycles. The smallest absolute Gasteiger partial charge is 0.126 e. The maximum atomic E-state index is 9.20. The molecule has 0 fully saturated rings. The molecular weight excluding hydrogens is 212 g/mol. The summed E-state index contributed by atoms with van der Waals surface area (Å²) in [4.78, 5) is 0. The summed E-state index contributed by atoms with van der Waals surface area (Å²) < 4.78 is 5.47. The van der Waals surface area contributed by atoms with E-state index in [9.17, 15) is 5.11 Å². The van der Waals surface area contributed by atoms with Crippen molar-refractivity contribution in [2.24, 2.45) is 0 Å². The molecule has 2 rings (SSSR count). The summed E-state index contributed by atoms with van der Waals surface area (Å²) in [5.74, 6) is 1.14. The Bertz CT molecular complexity index is 295. The van der Waals surface area contributed by atoms with E-state index in [2.05, 4.69) is 13.8 Å². The van der Waals surface area contributed by atoms with Crippen LogP contribution >= 0.6 is 0 Å². The van der Waals surface area contributed by atoms with Gasteiger partial charge in [-0.05, 0) is 30.9 Å². The molecule has 0 aromatic heterocycles. The van der Waals surface area contributed by atoms with Gasteiger partial charge in [-0.25, -0.2) is 0 Å². The SMILES string of the molecule is CC.CCC.Oc1ccc2c(c1)OCCCC2. The van der Waals surface area contributed by atoms with Crippen molar-refractivity contribution in [2.45, 2.75) is 53.4 Å². The molecule has 0 saturated carbocycles. The third-order valence-electron chi connectivity index (χ3n) is 2.15. The normalized spacial score (nSPS) is 12.7. The van der Waals surface area contributed by atoms with Crippen LogP contribution in [0.5, 0.6) is 11.5 Å². The molecule has 0 bridgehead atoms. The summed E-state index contributed by atoms with van der Waals surface area (Å²) in [6.07, 6.45) is 4.60. The van der Waals surface area contributed by atoms with Crippen molar-refractivity contribution in [2.75, 3.05) is 6.61 Å². The minimum Gasteiger partial charge on any atom is -0.508 e. The maximum Gasteiger partial charge on any atom is 0.126 e. The second kappa shape index (κ2) is 10.0. The van der Waals surface area contributed by atoms with E-state index in [1.807, 2.05) is 19.9 Å². The van der Waals surface area contributed by atoms with Crippen LogP contribution in [0.15, 0.2) is 18.2 Å². The Morgan fingerprint density at radius 1 is 1.18 bits per heavy atom. The lowest BCUT2D eigenvalue weighted by molar-refractivity contribution is 0.315. The van der Waals surface area contributed by atoms with Gasteiger partial charge in [-0.2, -0.15) is 0 Å². The number of fused-ring (bicyclic) bond motifs is 1. The summed E-state index contributed by atoms with van der Waals surface area (Å²) in [5.41, 5.74) is 1.21. The molecule has 98 valence electrons. The molecule has 1 heterocycles. The first-order valence-electron chi connectivity index (χ1n) is 6.72. The molecule has 1 N–H and O–H groups in total. The highest BCUT2D eigenvalue weighted by Gasteiger charge is 2.08. The van der Waals surface area contributed by atoms with Crippen LogP contribution in [-0.4, -0.2) is 11.7 Å². The first-order chi connectivity index (χ1) is 8.27. The first-order valence-corrected chi connectivity index (χ1v) is 6.72. The minimum absolute atomic E-state index is 0.288. The van der Waals surface area contributed by atoms with E-state index in [4.69, 9.17) is 4.74 Å². The molecule has 17 heavy (non-hydrogen) atoms. The van der Waals surface area contributed by atoms with Gasteiger partial charge in [0.15, 0.2) is 0 Å². The Balaban J connectivity index is 0.000000450. The summed E-state index contributed by atoms with van der Waals surface area (Å²) in [6.45, 7) is 9.02. The zero-order valence-corrected chi connectivity index (χ0v) is 11.6. The molecule has 1 aromatic rings. The summed E-state index contributed by atoms with van der Waals surface area (Å²) in [6, 6.07) is 5.35. The van der Waals surface area contributed by atoms with Gasteiger partial charge in [0, 0.05) is 6.07 Å². The fourth-order valence-electron chi connectivity index (χ4n) is 1.48. The number of aromatic hydroxyl groups is 1.